The zero-order valence-electron chi connectivity index (χ0n) is 22.1. The molecular weight excluding hydrogens is 539 g/mol. The Labute approximate surface area is 230 Å². The maximum atomic E-state index is 13.3. The molecule has 1 aliphatic heterocycles. The molecule has 0 aliphatic carbocycles. The molecule has 3 aromatic carbocycles. The molecule has 10 nitrogen and oxygen atoms in total. The van der Waals surface area contributed by atoms with E-state index in [0.717, 1.165) is 15.9 Å². The summed E-state index contributed by atoms with van der Waals surface area (Å²) in [5.74, 6) is 0. The van der Waals surface area contributed by atoms with Gasteiger partial charge in [0, 0.05) is 7.05 Å². The SMILES string of the molecule is CCOC(=O)NN(C(=O)OCC)[P+](c1ccccc1)(c1ccccc1)c1ccccc1.CN1CC[N-]S1(=O)=O. The van der Waals surface area contributed by atoms with Gasteiger partial charge in [0.2, 0.25) is 7.41 Å². The Morgan fingerprint density at radius 3 is 1.59 bits per heavy atom. The van der Waals surface area contributed by atoms with E-state index in [-0.39, 0.29) is 13.2 Å². The Bertz CT molecular complexity index is 1220. The van der Waals surface area contributed by atoms with Crippen molar-refractivity contribution in [1.29, 1.82) is 0 Å². The van der Waals surface area contributed by atoms with Crippen molar-refractivity contribution in [2.45, 2.75) is 13.8 Å². The minimum absolute atomic E-state index is 0.165. The lowest BCUT2D eigenvalue weighted by Gasteiger charge is -2.34. The first-order chi connectivity index (χ1) is 18.8. The van der Waals surface area contributed by atoms with Crippen LogP contribution in [-0.2, 0) is 19.7 Å². The molecule has 0 spiro atoms. The number of rotatable bonds is 6. The van der Waals surface area contributed by atoms with Crippen LogP contribution in [0.2, 0.25) is 0 Å². The van der Waals surface area contributed by atoms with Crippen molar-refractivity contribution in [3.05, 3.63) is 95.7 Å². The van der Waals surface area contributed by atoms with E-state index in [1.165, 1.54) is 16.1 Å². The Hall–Kier alpha value is -3.50. The number of nitrogens with one attached hydrogen (secondary N) is 1. The molecule has 2 amide bonds. The third-order valence-electron chi connectivity index (χ3n) is 5.67. The van der Waals surface area contributed by atoms with Gasteiger partial charge >= 0.3 is 12.2 Å². The minimum atomic E-state index is -3.17. The minimum Gasteiger partial charge on any atom is -0.534 e. The van der Waals surface area contributed by atoms with Crippen molar-refractivity contribution in [3.63, 3.8) is 0 Å². The molecular formula is C27H33N4O6PS. The van der Waals surface area contributed by atoms with E-state index >= 15 is 0 Å². The van der Waals surface area contributed by atoms with Gasteiger partial charge in [-0.2, -0.15) is 5.43 Å². The van der Waals surface area contributed by atoms with Crippen LogP contribution < -0.4 is 21.3 Å². The number of amides is 2. The molecule has 39 heavy (non-hydrogen) atoms. The van der Waals surface area contributed by atoms with Gasteiger partial charge in [0.1, 0.15) is 26.1 Å². The predicted molar refractivity (Wildman–Crippen MR) is 154 cm³/mol. The van der Waals surface area contributed by atoms with Crippen molar-refractivity contribution >= 4 is 45.7 Å². The van der Waals surface area contributed by atoms with E-state index in [0.29, 0.717) is 13.1 Å². The number of hydrazine groups is 1. The topological polar surface area (TPSA) is 119 Å². The van der Waals surface area contributed by atoms with Gasteiger partial charge in [-0.05, 0) is 56.8 Å². The predicted octanol–water partition coefficient (Wildman–Crippen LogP) is 3.57. The van der Waals surface area contributed by atoms with Crippen LogP contribution in [-0.4, -0.2) is 63.0 Å². The van der Waals surface area contributed by atoms with Gasteiger partial charge in [-0.3, -0.25) is 0 Å². The molecule has 3 aromatic rings. The second kappa shape index (κ2) is 14.0. The average molecular weight is 573 g/mol. The summed E-state index contributed by atoms with van der Waals surface area (Å²) in [6.45, 7) is 4.73. The van der Waals surface area contributed by atoms with Gasteiger partial charge in [0.25, 0.3) is 0 Å². The molecule has 0 saturated carbocycles. The third-order valence-corrected chi connectivity index (χ3v) is 11.1. The fraction of sp³-hybridized carbons (Fsp3) is 0.259. The number of hydrogen-bond donors (Lipinski definition) is 1. The van der Waals surface area contributed by atoms with Crippen molar-refractivity contribution in [2.75, 3.05) is 33.4 Å². The van der Waals surface area contributed by atoms with Crippen molar-refractivity contribution in [2.24, 2.45) is 0 Å². The molecule has 0 aromatic heterocycles. The first-order valence-electron chi connectivity index (χ1n) is 12.4. The number of carbonyl (C=O) groups excluding carboxylic acids is 2. The van der Waals surface area contributed by atoms with E-state index in [9.17, 15) is 18.0 Å². The van der Waals surface area contributed by atoms with Crippen LogP contribution in [0.4, 0.5) is 9.59 Å². The molecule has 0 atom stereocenters. The van der Waals surface area contributed by atoms with E-state index < -0.39 is 29.8 Å². The fourth-order valence-corrected chi connectivity index (χ4v) is 8.67. The smallest absolute Gasteiger partial charge is 0.462 e. The monoisotopic (exact) mass is 572 g/mol. The first-order valence-corrected chi connectivity index (χ1v) is 15.5. The average Bonchev–Trinajstić information content (AvgIpc) is 3.26. The van der Waals surface area contributed by atoms with Gasteiger partial charge in [-0.25, -0.2) is 22.3 Å². The molecule has 0 bridgehead atoms. The fourth-order valence-electron chi connectivity index (χ4n) is 3.91. The number of carbonyl (C=O) groups is 2. The summed E-state index contributed by atoms with van der Waals surface area (Å²) in [4.78, 5) is 25.8. The summed E-state index contributed by atoms with van der Waals surface area (Å²) in [6.07, 6.45) is -1.37. The number of nitrogens with zero attached hydrogens (tertiary/aromatic N) is 3. The summed E-state index contributed by atoms with van der Waals surface area (Å²) in [5, 5.41) is 2.66. The Balaban J connectivity index is 0.000000449. The normalized spacial score (nSPS) is 14.4. The third kappa shape index (κ3) is 7.13. The van der Waals surface area contributed by atoms with Crippen LogP contribution in [0.15, 0.2) is 91.0 Å². The standard InChI is InChI=1S/C24H25N2O4P.C3H7N2O2S/c1-3-29-23(27)25-26(24(28)30-4-2)31(20-14-8-5-9-15-20,21-16-10-6-11-17-21)22-18-12-7-13-19-22;1-5-3-2-4-8(5,6)7/h5-19H,3-4H2,1-2H3;2-3H2,1H3/q;-1/p+1. The van der Waals surface area contributed by atoms with Crippen LogP contribution in [0.25, 0.3) is 4.72 Å². The Morgan fingerprint density at radius 2 is 1.28 bits per heavy atom. The molecule has 1 saturated heterocycles. The zero-order valence-corrected chi connectivity index (χ0v) is 23.8. The summed E-state index contributed by atoms with van der Waals surface area (Å²) < 4.78 is 37.5. The van der Waals surface area contributed by atoms with E-state index in [1.54, 1.807) is 13.8 Å². The second-order valence-corrected chi connectivity index (χ2v) is 13.1. The molecule has 1 fully saturated rings. The highest BCUT2D eigenvalue weighted by Crippen LogP contribution is 2.58. The molecule has 1 heterocycles. The number of benzene rings is 3. The summed E-state index contributed by atoms with van der Waals surface area (Å²) in [5.41, 5.74) is 2.69. The molecule has 1 aliphatic rings. The van der Waals surface area contributed by atoms with Crippen molar-refractivity contribution in [1.82, 2.24) is 14.5 Å². The van der Waals surface area contributed by atoms with Crippen molar-refractivity contribution < 1.29 is 27.5 Å². The molecule has 208 valence electrons. The summed E-state index contributed by atoms with van der Waals surface area (Å²) in [6, 6.07) is 29.1. The number of ether oxygens (including phenoxy) is 2. The van der Waals surface area contributed by atoms with Gasteiger partial charge < -0.3 is 14.2 Å². The number of hydrogen-bond acceptors (Lipinski definition) is 6. The van der Waals surface area contributed by atoms with Crippen LogP contribution >= 0.6 is 7.41 Å². The summed E-state index contributed by atoms with van der Waals surface area (Å²) >= 11 is 0. The lowest BCUT2D eigenvalue weighted by molar-refractivity contribution is 0.104. The van der Waals surface area contributed by atoms with Crippen LogP contribution in [0.3, 0.4) is 0 Å². The van der Waals surface area contributed by atoms with Crippen LogP contribution in [0, 0.1) is 0 Å². The van der Waals surface area contributed by atoms with E-state index in [2.05, 4.69) is 10.1 Å². The van der Waals surface area contributed by atoms with E-state index in [4.69, 9.17) is 9.47 Å². The maximum absolute atomic E-state index is 13.3. The van der Waals surface area contributed by atoms with Crippen LogP contribution in [0.1, 0.15) is 13.8 Å². The Kier molecular flexibility index (Phi) is 10.8. The molecule has 12 heteroatoms. The largest absolute Gasteiger partial charge is 0.534 e. The highest BCUT2D eigenvalue weighted by atomic mass is 32.2. The quantitative estimate of drug-likeness (QED) is 0.356. The molecule has 0 unspecified atom stereocenters. The lowest BCUT2D eigenvalue weighted by Crippen LogP contribution is -2.54. The summed E-state index contributed by atoms with van der Waals surface area (Å²) in [7, 11) is -4.53. The zero-order chi connectivity index (χ0) is 28.3. The van der Waals surface area contributed by atoms with Crippen LogP contribution in [0.5, 0.6) is 0 Å². The molecule has 0 radical (unpaired) electrons. The Morgan fingerprint density at radius 1 is 0.846 bits per heavy atom. The highest BCUT2D eigenvalue weighted by molar-refractivity contribution is 7.94. The van der Waals surface area contributed by atoms with Gasteiger partial charge in [-0.1, -0.05) is 59.4 Å². The highest BCUT2D eigenvalue weighted by Gasteiger charge is 2.56. The first kappa shape index (κ1) is 30.0. The van der Waals surface area contributed by atoms with E-state index in [1.807, 2.05) is 91.0 Å². The lowest BCUT2D eigenvalue weighted by atomic mass is 10.4. The van der Waals surface area contributed by atoms with Crippen molar-refractivity contribution in [3.8, 4) is 0 Å². The van der Waals surface area contributed by atoms with Gasteiger partial charge in [0.15, 0.2) is 0 Å². The number of likely N-dealkylation sites (N-methyl/N-ethyl adjacent to an activating group) is 1. The molecule has 1 N–H and O–H groups in total. The second-order valence-electron chi connectivity index (χ2n) is 8.14. The molecule has 4 rings (SSSR count). The maximum Gasteiger partial charge on any atom is 0.462 e. The van der Waals surface area contributed by atoms with Gasteiger partial charge in [-0.15, -0.1) is 6.54 Å². The van der Waals surface area contributed by atoms with Gasteiger partial charge in [0.05, 0.1) is 13.2 Å².